The molecular formula is C12H25IO2. The van der Waals surface area contributed by atoms with Gasteiger partial charge < -0.3 is 9.47 Å². The first-order chi connectivity index (χ1) is 7.35. The fourth-order valence-corrected chi connectivity index (χ4v) is 1.99. The minimum Gasteiger partial charge on any atom is -0.356 e. The van der Waals surface area contributed by atoms with Crippen molar-refractivity contribution in [2.75, 3.05) is 17.8 Å². The van der Waals surface area contributed by atoms with Crippen molar-refractivity contribution >= 4 is 22.6 Å². The quantitative estimate of drug-likeness (QED) is 0.245. The highest BCUT2D eigenvalue weighted by atomic mass is 127. The zero-order chi connectivity index (χ0) is 11.4. The van der Waals surface area contributed by atoms with E-state index in [9.17, 15) is 0 Å². The molecule has 0 N–H and O–H groups in total. The SMILES string of the molecule is CCOCOC(CC)CCCCCCI. The summed E-state index contributed by atoms with van der Waals surface area (Å²) in [5.74, 6) is 0. The van der Waals surface area contributed by atoms with Crippen molar-refractivity contribution in [3.05, 3.63) is 0 Å². The summed E-state index contributed by atoms with van der Waals surface area (Å²) in [7, 11) is 0. The minimum absolute atomic E-state index is 0.399. The van der Waals surface area contributed by atoms with Crippen LogP contribution in [0, 0.1) is 0 Å². The van der Waals surface area contributed by atoms with Gasteiger partial charge >= 0.3 is 0 Å². The van der Waals surface area contributed by atoms with E-state index < -0.39 is 0 Å². The Morgan fingerprint density at radius 1 is 1.07 bits per heavy atom. The molecule has 0 aromatic carbocycles. The monoisotopic (exact) mass is 328 g/mol. The van der Waals surface area contributed by atoms with Gasteiger partial charge in [0.15, 0.2) is 0 Å². The Labute approximate surface area is 108 Å². The lowest BCUT2D eigenvalue weighted by Crippen LogP contribution is -2.14. The Kier molecular flexibility index (Phi) is 13.3. The molecule has 0 aliphatic heterocycles. The van der Waals surface area contributed by atoms with E-state index in [0.29, 0.717) is 12.9 Å². The van der Waals surface area contributed by atoms with Gasteiger partial charge in [0.1, 0.15) is 6.79 Å². The number of rotatable bonds is 11. The molecule has 0 saturated heterocycles. The summed E-state index contributed by atoms with van der Waals surface area (Å²) in [4.78, 5) is 0. The van der Waals surface area contributed by atoms with Crippen LogP contribution in [0.3, 0.4) is 0 Å². The van der Waals surface area contributed by atoms with Crippen LogP contribution in [0.25, 0.3) is 0 Å². The zero-order valence-corrected chi connectivity index (χ0v) is 12.3. The molecule has 0 amide bonds. The summed E-state index contributed by atoms with van der Waals surface area (Å²) >= 11 is 2.44. The van der Waals surface area contributed by atoms with Crippen LogP contribution in [-0.2, 0) is 9.47 Å². The van der Waals surface area contributed by atoms with Crippen LogP contribution in [-0.4, -0.2) is 23.9 Å². The van der Waals surface area contributed by atoms with Gasteiger partial charge in [0.25, 0.3) is 0 Å². The number of hydrogen-bond donors (Lipinski definition) is 0. The molecule has 0 spiro atoms. The first-order valence-corrected chi connectivity index (χ1v) is 7.63. The van der Waals surface area contributed by atoms with Crippen LogP contribution >= 0.6 is 22.6 Å². The van der Waals surface area contributed by atoms with Crippen molar-refractivity contribution < 1.29 is 9.47 Å². The highest BCUT2D eigenvalue weighted by Crippen LogP contribution is 2.11. The summed E-state index contributed by atoms with van der Waals surface area (Å²) < 4.78 is 12.1. The summed E-state index contributed by atoms with van der Waals surface area (Å²) in [6, 6.07) is 0. The van der Waals surface area contributed by atoms with E-state index in [1.165, 1.54) is 36.5 Å². The zero-order valence-electron chi connectivity index (χ0n) is 10.1. The van der Waals surface area contributed by atoms with Crippen molar-refractivity contribution in [2.45, 2.75) is 58.5 Å². The molecule has 0 saturated carbocycles. The third-order valence-corrected chi connectivity index (χ3v) is 3.22. The highest BCUT2D eigenvalue weighted by Gasteiger charge is 2.05. The summed E-state index contributed by atoms with van der Waals surface area (Å²) in [5, 5.41) is 0. The number of alkyl halides is 1. The number of halogens is 1. The average molecular weight is 328 g/mol. The van der Waals surface area contributed by atoms with Gasteiger partial charge in [-0.3, -0.25) is 0 Å². The Bertz CT molecular complexity index is 120. The van der Waals surface area contributed by atoms with Crippen LogP contribution < -0.4 is 0 Å². The molecule has 0 heterocycles. The van der Waals surface area contributed by atoms with E-state index in [1.807, 2.05) is 6.92 Å². The van der Waals surface area contributed by atoms with Crippen LogP contribution in [0.5, 0.6) is 0 Å². The molecule has 92 valence electrons. The van der Waals surface area contributed by atoms with Crippen molar-refractivity contribution in [3.8, 4) is 0 Å². The van der Waals surface area contributed by atoms with Gasteiger partial charge in [-0.1, -0.05) is 48.8 Å². The lowest BCUT2D eigenvalue weighted by atomic mass is 10.1. The Balaban J connectivity index is 3.28. The van der Waals surface area contributed by atoms with Gasteiger partial charge in [-0.05, 0) is 30.6 Å². The van der Waals surface area contributed by atoms with Crippen molar-refractivity contribution in [1.29, 1.82) is 0 Å². The summed E-state index contributed by atoms with van der Waals surface area (Å²) in [6.07, 6.45) is 8.04. The first-order valence-electron chi connectivity index (χ1n) is 6.10. The lowest BCUT2D eigenvalue weighted by molar-refractivity contribution is -0.0894. The molecule has 1 unspecified atom stereocenters. The van der Waals surface area contributed by atoms with Crippen LogP contribution in [0.15, 0.2) is 0 Å². The molecule has 0 fully saturated rings. The van der Waals surface area contributed by atoms with Gasteiger partial charge in [0.05, 0.1) is 6.10 Å². The van der Waals surface area contributed by atoms with Crippen LogP contribution in [0.4, 0.5) is 0 Å². The third kappa shape index (κ3) is 10.9. The molecule has 0 rings (SSSR count). The molecule has 0 aliphatic rings. The van der Waals surface area contributed by atoms with E-state index in [4.69, 9.17) is 9.47 Å². The maximum absolute atomic E-state index is 5.61. The van der Waals surface area contributed by atoms with Crippen molar-refractivity contribution in [1.82, 2.24) is 0 Å². The predicted octanol–water partition coefficient (Wildman–Crippen LogP) is 4.16. The molecule has 15 heavy (non-hydrogen) atoms. The smallest absolute Gasteiger partial charge is 0.147 e. The molecule has 0 aromatic heterocycles. The van der Waals surface area contributed by atoms with Gasteiger partial charge in [0, 0.05) is 6.61 Å². The second-order valence-electron chi connectivity index (χ2n) is 3.70. The first kappa shape index (κ1) is 15.7. The van der Waals surface area contributed by atoms with Crippen LogP contribution in [0.2, 0.25) is 0 Å². The molecule has 0 radical (unpaired) electrons. The number of ether oxygens (including phenoxy) is 2. The lowest BCUT2D eigenvalue weighted by Gasteiger charge is -2.15. The van der Waals surface area contributed by atoms with Gasteiger partial charge in [-0.2, -0.15) is 0 Å². The van der Waals surface area contributed by atoms with Crippen LogP contribution in [0.1, 0.15) is 52.4 Å². The molecule has 1 atom stereocenters. The minimum atomic E-state index is 0.399. The Morgan fingerprint density at radius 3 is 2.40 bits per heavy atom. The Morgan fingerprint density at radius 2 is 1.80 bits per heavy atom. The number of hydrogen-bond acceptors (Lipinski definition) is 2. The van der Waals surface area contributed by atoms with Gasteiger partial charge in [-0.15, -0.1) is 0 Å². The summed E-state index contributed by atoms with van der Waals surface area (Å²) in [5.41, 5.74) is 0. The van der Waals surface area contributed by atoms with E-state index in [0.717, 1.165) is 13.0 Å². The molecule has 0 bridgehead atoms. The summed E-state index contributed by atoms with van der Waals surface area (Å²) in [6.45, 7) is 5.38. The van der Waals surface area contributed by atoms with E-state index in [-0.39, 0.29) is 0 Å². The second kappa shape index (κ2) is 12.7. The van der Waals surface area contributed by atoms with Crippen molar-refractivity contribution in [3.63, 3.8) is 0 Å². The van der Waals surface area contributed by atoms with Crippen molar-refractivity contribution in [2.24, 2.45) is 0 Å². The topological polar surface area (TPSA) is 18.5 Å². The van der Waals surface area contributed by atoms with Gasteiger partial charge in [-0.25, -0.2) is 0 Å². The predicted molar refractivity (Wildman–Crippen MR) is 73.6 cm³/mol. The Hall–Kier alpha value is 0.650. The average Bonchev–Trinajstić information content (AvgIpc) is 2.26. The van der Waals surface area contributed by atoms with E-state index in [1.54, 1.807) is 0 Å². The third-order valence-electron chi connectivity index (χ3n) is 2.46. The number of unbranched alkanes of at least 4 members (excludes halogenated alkanes) is 3. The maximum Gasteiger partial charge on any atom is 0.147 e. The molecule has 0 aliphatic carbocycles. The van der Waals surface area contributed by atoms with Gasteiger partial charge in [0.2, 0.25) is 0 Å². The maximum atomic E-state index is 5.61. The molecule has 2 nitrogen and oxygen atoms in total. The van der Waals surface area contributed by atoms with E-state index in [2.05, 4.69) is 29.5 Å². The standard InChI is InChI=1S/C12H25IO2/c1-3-12(15-11-14-4-2)9-7-5-6-8-10-13/h12H,3-11H2,1-2H3. The molecular weight excluding hydrogens is 303 g/mol. The van der Waals surface area contributed by atoms with E-state index >= 15 is 0 Å². The second-order valence-corrected chi connectivity index (χ2v) is 4.78. The fourth-order valence-electron chi connectivity index (χ4n) is 1.45. The highest BCUT2D eigenvalue weighted by molar-refractivity contribution is 14.1. The largest absolute Gasteiger partial charge is 0.356 e. The normalized spacial score (nSPS) is 13.0. The molecule has 3 heteroatoms. The molecule has 0 aromatic rings. The fraction of sp³-hybridized carbons (Fsp3) is 1.00.